The maximum absolute atomic E-state index is 4.39. The largest absolute Gasteiger partial charge is 0.374 e. The van der Waals surface area contributed by atoms with Gasteiger partial charge in [0.2, 0.25) is 0 Å². The normalized spacial score (nSPS) is 21.9. The van der Waals surface area contributed by atoms with Crippen LogP contribution >= 0.6 is 0 Å². The van der Waals surface area contributed by atoms with Crippen LogP contribution in [0.3, 0.4) is 0 Å². The van der Waals surface area contributed by atoms with Crippen LogP contribution < -0.4 is 21.3 Å². The predicted octanol–water partition coefficient (Wildman–Crippen LogP) is 8.11. The smallest absolute Gasteiger partial charge is 0.0728 e. The van der Waals surface area contributed by atoms with Crippen LogP contribution in [0.25, 0.3) is 54.6 Å². The zero-order chi connectivity index (χ0) is 38.2. The Labute approximate surface area is 333 Å². The lowest BCUT2D eigenvalue weighted by molar-refractivity contribution is 0.849. The van der Waals surface area contributed by atoms with Gasteiger partial charge in [0.15, 0.2) is 0 Å². The first-order valence-electron chi connectivity index (χ1n) is 19.6. The molecule has 0 fully saturated rings. The van der Waals surface area contributed by atoms with Crippen molar-refractivity contribution < 1.29 is 0 Å². The summed E-state index contributed by atoms with van der Waals surface area (Å²) in [6.07, 6.45) is 20.2. The number of nitrogens with zero attached hydrogens (tertiary/aromatic N) is 3. The molecular weight excluding hydrogens is 711 g/mol. The summed E-state index contributed by atoms with van der Waals surface area (Å²) >= 11 is 0. The second-order valence-corrected chi connectivity index (χ2v) is 15.1. The van der Waals surface area contributed by atoms with Gasteiger partial charge in [0.1, 0.15) is 0 Å². The number of hydrogen-bond acceptors (Lipinski definition) is 5. The van der Waals surface area contributed by atoms with Crippen molar-refractivity contribution >= 4 is 54.6 Å². The fourth-order valence-electron chi connectivity index (χ4n) is 9.39. The van der Waals surface area contributed by atoms with Crippen LogP contribution in [0.4, 0.5) is 0 Å². The Morgan fingerprint density at radius 2 is 0.914 bits per heavy atom. The van der Waals surface area contributed by atoms with Gasteiger partial charge in [-0.1, -0.05) is 66.7 Å². The summed E-state index contributed by atoms with van der Waals surface area (Å²) < 4.78 is 0. The van der Waals surface area contributed by atoms with Crippen molar-refractivity contribution in [3.63, 3.8) is 0 Å². The molecular formula is C51H35N7. The number of H-pyrrole nitrogens is 2. The van der Waals surface area contributed by atoms with E-state index in [0.717, 1.165) is 78.0 Å². The monoisotopic (exact) mass is 745 g/mol. The summed E-state index contributed by atoms with van der Waals surface area (Å²) in [6, 6.07) is 41.3. The molecule has 7 heteroatoms. The van der Waals surface area contributed by atoms with E-state index >= 15 is 0 Å². The number of benzene rings is 4. The molecule has 274 valence electrons. The zero-order valence-corrected chi connectivity index (χ0v) is 31.2. The Bertz CT molecular complexity index is 3320. The van der Waals surface area contributed by atoms with Gasteiger partial charge >= 0.3 is 0 Å². The van der Waals surface area contributed by atoms with E-state index < -0.39 is 0 Å². The number of aromatic nitrogens is 5. The molecule has 0 saturated carbocycles. The predicted molar refractivity (Wildman–Crippen MR) is 233 cm³/mol. The first-order valence-corrected chi connectivity index (χ1v) is 19.6. The van der Waals surface area contributed by atoms with Crippen LogP contribution in [0.15, 0.2) is 188 Å². The number of aromatic amines is 2. The molecule has 4 aromatic carbocycles. The van der Waals surface area contributed by atoms with Gasteiger partial charge in [-0.05, 0) is 127 Å². The molecule has 2 atom stereocenters. The number of hydrogen-bond donors (Lipinski definition) is 4. The third-order valence-corrected chi connectivity index (χ3v) is 11.9. The average Bonchev–Trinajstić information content (AvgIpc) is 4.13. The topological polar surface area (TPSA) is 94.3 Å². The van der Waals surface area contributed by atoms with E-state index in [0.29, 0.717) is 0 Å². The van der Waals surface area contributed by atoms with Gasteiger partial charge in [-0.2, -0.15) is 0 Å². The fraction of sp³-hybridized carbons (Fsp3) is 0.0392. The Morgan fingerprint density at radius 3 is 1.52 bits per heavy atom. The van der Waals surface area contributed by atoms with Crippen molar-refractivity contribution in [3.8, 4) is 0 Å². The van der Waals surface area contributed by atoms with Crippen LogP contribution in [0.2, 0.25) is 0 Å². The summed E-state index contributed by atoms with van der Waals surface area (Å²) in [5.41, 5.74) is 13.0. The lowest BCUT2D eigenvalue weighted by Crippen LogP contribution is -2.31. The molecule has 12 rings (SSSR count). The highest BCUT2D eigenvalue weighted by atomic mass is 15.0. The third-order valence-electron chi connectivity index (χ3n) is 11.9. The minimum absolute atomic E-state index is 0.115. The summed E-state index contributed by atoms with van der Waals surface area (Å²) in [5, 5.41) is 17.6. The standard InChI is InChI=1S/C51H35N7/c1-2-30-4-5-32-7-9-37(36-8-6-31(3-1)46(30)47(32)36)51-44-16-14-42(57-44)49(34-20-26-53-27-21-34)40-12-10-38(55-40)48(33-18-24-52-25-19-33)39-11-13-41(56-39)50(35-22-28-54-29-23-35)43-15-17-45(51)58-43/h1-29,38,43,55-58H/b48-39-,49-40-,50-41-,51-45-. The quantitative estimate of drug-likeness (QED) is 0.137. The molecule has 0 spiro atoms. The lowest BCUT2D eigenvalue weighted by Gasteiger charge is -2.20. The number of pyridine rings is 3. The van der Waals surface area contributed by atoms with Crippen molar-refractivity contribution in [3.05, 3.63) is 232 Å². The first kappa shape index (κ1) is 32.5. The average molecular weight is 746 g/mol. The molecule has 2 unspecified atom stereocenters. The summed E-state index contributed by atoms with van der Waals surface area (Å²) in [7, 11) is 0. The maximum atomic E-state index is 4.39. The van der Waals surface area contributed by atoms with E-state index in [-0.39, 0.29) is 12.1 Å². The Balaban J connectivity index is 1.17. The Hall–Kier alpha value is -7.77. The maximum Gasteiger partial charge on any atom is 0.0728 e. The molecule has 9 aromatic rings. The molecule has 7 nitrogen and oxygen atoms in total. The van der Waals surface area contributed by atoms with Crippen molar-refractivity contribution in [2.75, 3.05) is 0 Å². The first-order chi connectivity index (χ1) is 28.7. The van der Waals surface area contributed by atoms with E-state index in [1.165, 1.54) is 32.3 Å². The van der Waals surface area contributed by atoms with E-state index in [4.69, 9.17) is 0 Å². The molecule has 4 N–H and O–H groups in total. The van der Waals surface area contributed by atoms with Crippen molar-refractivity contribution in [1.82, 2.24) is 35.6 Å². The van der Waals surface area contributed by atoms with Crippen LogP contribution in [-0.4, -0.2) is 37.0 Å². The number of nitrogens with one attached hydrogen (secondary N) is 4. The van der Waals surface area contributed by atoms with Gasteiger partial charge in [-0.25, -0.2) is 0 Å². The van der Waals surface area contributed by atoms with Crippen molar-refractivity contribution in [1.29, 1.82) is 0 Å². The summed E-state index contributed by atoms with van der Waals surface area (Å²) in [5.74, 6) is 0. The Kier molecular flexibility index (Phi) is 7.22. The molecule has 8 heterocycles. The lowest BCUT2D eigenvalue weighted by atomic mass is 9.88. The highest BCUT2D eigenvalue weighted by Gasteiger charge is 2.28. The number of rotatable bonds is 4. The molecule has 0 aliphatic carbocycles. The van der Waals surface area contributed by atoms with Gasteiger partial charge in [0.25, 0.3) is 0 Å². The minimum Gasteiger partial charge on any atom is -0.374 e. The minimum atomic E-state index is -0.131. The molecule has 58 heavy (non-hydrogen) atoms. The SMILES string of the molecule is C1=CC2N/C1=C(/c1ccncc1)c1ccc([nH]1)/C(c1ccc3ccc4cccc5ccc1c3c45)=C1/C=CC(N1)/C(c1ccncc1)=c1/cc/c([nH]1)=C/2c1ccncc1. The second kappa shape index (κ2) is 12.9. The number of fused-ring (bicyclic) bond motifs is 8. The van der Waals surface area contributed by atoms with Crippen LogP contribution in [0.5, 0.6) is 0 Å². The van der Waals surface area contributed by atoms with Crippen LogP contribution in [0, 0.1) is 0 Å². The van der Waals surface area contributed by atoms with Gasteiger partial charge in [0, 0.05) is 93.0 Å². The van der Waals surface area contributed by atoms with Gasteiger partial charge in [-0.15, -0.1) is 0 Å². The van der Waals surface area contributed by atoms with E-state index in [1.54, 1.807) is 0 Å². The van der Waals surface area contributed by atoms with Gasteiger partial charge < -0.3 is 20.6 Å². The molecule has 0 amide bonds. The zero-order valence-electron chi connectivity index (χ0n) is 31.2. The molecule has 5 aromatic heterocycles. The van der Waals surface area contributed by atoms with Crippen LogP contribution in [-0.2, 0) is 0 Å². The molecule has 3 aliphatic heterocycles. The molecule has 3 aliphatic rings. The van der Waals surface area contributed by atoms with E-state index in [2.05, 4.69) is 175 Å². The van der Waals surface area contributed by atoms with Crippen molar-refractivity contribution in [2.24, 2.45) is 0 Å². The highest BCUT2D eigenvalue weighted by Crippen LogP contribution is 2.41. The number of allylic oxidation sites excluding steroid dienone is 2. The third kappa shape index (κ3) is 5.10. The fourth-order valence-corrected chi connectivity index (χ4v) is 9.39. The molecule has 8 bridgehead atoms. The molecule has 0 saturated heterocycles. The summed E-state index contributed by atoms with van der Waals surface area (Å²) in [6.45, 7) is 0. The summed E-state index contributed by atoms with van der Waals surface area (Å²) in [4.78, 5) is 21.0. The van der Waals surface area contributed by atoms with Gasteiger partial charge in [0.05, 0.1) is 12.1 Å². The van der Waals surface area contributed by atoms with Crippen molar-refractivity contribution in [2.45, 2.75) is 12.1 Å². The van der Waals surface area contributed by atoms with Crippen LogP contribution in [0.1, 0.15) is 33.6 Å². The van der Waals surface area contributed by atoms with E-state index in [1.807, 2.05) is 37.2 Å². The molecule has 0 radical (unpaired) electrons. The Morgan fingerprint density at radius 1 is 0.414 bits per heavy atom. The second-order valence-electron chi connectivity index (χ2n) is 15.1. The highest BCUT2D eigenvalue weighted by molar-refractivity contribution is 6.25. The van der Waals surface area contributed by atoms with Gasteiger partial charge in [-0.3, -0.25) is 15.0 Å². The van der Waals surface area contributed by atoms with E-state index in [9.17, 15) is 0 Å².